The minimum absolute atomic E-state index is 0.150. The van der Waals surface area contributed by atoms with E-state index in [0.29, 0.717) is 30.9 Å². The van der Waals surface area contributed by atoms with Crippen molar-refractivity contribution in [3.63, 3.8) is 0 Å². The molecule has 48 heavy (non-hydrogen) atoms. The fraction of sp³-hybridized carbons (Fsp3) is 0.375. The van der Waals surface area contributed by atoms with Crippen molar-refractivity contribution >= 4 is 36.5 Å². The summed E-state index contributed by atoms with van der Waals surface area (Å²) in [5.41, 5.74) is -1.73. The van der Waals surface area contributed by atoms with Crippen LogP contribution in [0.25, 0.3) is 11.8 Å². The first kappa shape index (κ1) is 35.9. The van der Waals surface area contributed by atoms with E-state index in [1.54, 1.807) is 31.7 Å². The van der Waals surface area contributed by atoms with Gasteiger partial charge >= 0.3 is 213 Å². The molecule has 1 atom stereocenters. The molecular weight excluding hydrogens is 643 g/mol. The standard InChI is InChI=1S/C32H32BF6N5O4/c1-30(2,3)48-29(45)43-28(33-47-19-40)44-15-5-10-25(44)27-41-14-13-24(42-27)21-11-12-26(23(18-21)32(37,38)39)46-16-6-8-20-7-4-9-22(17-20)31(34,35)36/h4,6-9,11-13,17-18,25H,5,10,14-16H2,1-3H3,(H,41,42)(H,43,45)/b8-6+. The van der Waals surface area contributed by atoms with E-state index >= 15 is 0 Å². The molecular formula is C32H32BF6N5O4. The Labute approximate surface area is 273 Å². The first-order chi connectivity index (χ1) is 22.5. The molecule has 4 rings (SSSR count). The second-order valence-electron chi connectivity index (χ2n) is 11.7. The summed E-state index contributed by atoms with van der Waals surface area (Å²) in [6.45, 7) is 5.37. The molecule has 0 saturated carbocycles. The van der Waals surface area contributed by atoms with Gasteiger partial charge in [0, 0.05) is 0 Å². The van der Waals surface area contributed by atoms with Gasteiger partial charge in [-0.25, -0.2) is 0 Å². The third-order valence-electron chi connectivity index (χ3n) is 7.01. The molecule has 2 aliphatic rings. The molecule has 2 aliphatic heterocycles. The second kappa shape index (κ2) is 14.9. The van der Waals surface area contributed by atoms with Gasteiger partial charge in [-0.15, -0.1) is 0 Å². The number of nitrogens with zero attached hydrogens (tertiary/aromatic N) is 3. The van der Waals surface area contributed by atoms with Gasteiger partial charge < -0.3 is 0 Å². The molecule has 0 aromatic heterocycles. The number of amides is 1. The fourth-order valence-electron chi connectivity index (χ4n) is 5.03. The van der Waals surface area contributed by atoms with Crippen LogP contribution in [-0.4, -0.2) is 61.0 Å². The first-order valence-corrected chi connectivity index (χ1v) is 14.8. The summed E-state index contributed by atoms with van der Waals surface area (Å²) in [7, 11) is 1.07. The van der Waals surface area contributed by atoms with Crippen molar-refractivity contribution in [3.05, 3.63) is 76.9 Å². The fourth-order valence-corrected chi connectivity index (χ4v) is 5.03. The predicted octanol–water partition coefficient (Wildman–Crippen LogP) is 6.35. The number of benzene rings is 2. The van der Waals surface area contributed by atoms with Gasteiger partial charge in [-0.3, -0.25) is 0 Å². The first-order valence-electron chi connectivity index (χ1n) is 14.8. The zero-order chi connectivity index (χ0) is 35.1. The van der Waals surface area contributed by atoms with Crippen molar-refractivity contribution < 1.29 is 45.3 Å². The number of halogens is 6. The van der Waals surface area contributed by atoms with Gasteiger partial charge in [0.05, 0.1) is 5.56 Å². The molecule has 2 aromatic carbocycles. The molecule has 0 spiro atoms. The Balaban J connectivity index is 1.48. The van der Waals surface area contributed by atoms with E-state index in [2.05, 4.69) is 15.6 Å². The van der Waals surface area contributed by atoms with Crippen LogP contribution in [0.15, 0.2) is 59.6 Å². The van der Waals surface area contributed by atoms with Crippen LogP contribution >= 0.6 is 0 Å². The Morgan fingerprint density at radius 2 is 1.92 bits per heavy atom. The zero-order valence-electron chi connectivity index (χ0n) is 26.2. The monoisotopic (exact) mass is 675 g/mol. The number of amidine groups is 1. The number of hydrogen-bond donors (Lipinski definition) is 2. The molecule has 1 fully saturated rings. The maximum atomic E-state index is 14.1. The van der Waals surface area contributed by atoms with Crippen LogP contribution in [-0.2, 0) is 21.7 Å². The van der Waals surface area contributed by atoms with E-state index < -0.39 is 47.0 Å². The van der Waals surface area contributed by atoms with Gasteiger partial charge in [-0.2, -0.15) is 13.2 Å². The van der Waals surface area contributed by atoms with E-state index in [1.807, 2.05) is 0 Å². The van der Waals surface area contributed by atoms with Crippen molar-refractivity contribution in [1.29, 1.82) is 5.26 Å². The average molecular weight is 675 g/mol. The average Bonchev–Trinajstić information content (AvgIpc) is 3.50. The van der Waals surface area contributed by atoms with E-state index in [-0.39, 0.29) is 30.0 Å². The molecule has 9 nitrogen and oxygen atoms in total. The van der Waals surface area contributed by atoms with Crippen molar-refractivity contribution in [2.45, 2.75) is 57.6 Å². The molecule has 0 radical (unpaired) electrons. The second-order valence-corrected chi connectivity index (χ2v) is 11.7. The number of nitriles is 1. The SMILES string of the molecule is CC(C)(C)OC(=O)NC(=BOC#N)N1CCCC1C1=NCC=C(c2ccc(OC/C=C/c3cccc(C(F)(F)F)c3)c(C(F)(F)F)c2)N1. The molecule has 254 valence electrons. The minimum atomic E-state index is -4.78. The molecule has 1 unspecified atom stereocenters. The number of nitrogens with one attached hydrogen (secondary N) is 2. The maximum absolute atomic E-state index is 14.1. The normalized spacial score (nSPS) is 17.1. The molecule has 1 saturated heterocycles. The molecule has 1 amide bonds. The Morgan fingerprint density at radius 1 is 1.15 bits per heavy atom. The van der Waals surface area contributed by atoms with E-state index in [0.717, 1.165) is 25.3 Å². The summed E-state index contributed by atoms with van der Waals surface area (Å²) >= 11 is 0. The third kappa shape index (κ3) is 9.79. The number of alkyl carbamates (subject to hydrolysis) is 1. The number of rotatable bonds is 9. The molecule has 0 bridgehead atoms. The summed E-state index contributed by atoms with van der Waals surface area (Å²) in [4.78, 5) is 18.8. The van der Waals surface area contributed by atoms with Crippen LogP contribution in [0.2, 0.25) is 0 Å². The van der Waals surface area contributed by atoms with Crippen molar-refractivity contribution in [2.75, 3.05) is 19.7 Å². The topological polar surface area (TPSA) is 108 Å². The predicted molar refractivity (Wildman–Crippen MR) is 167 cm³/mol. The van der Waals surface area contributed by atoms with Crippen LogP contribution in [0.1, 0.15) is 55.9 Å². The van der Waals surface area contributed by atoms with Crippen LogP contribution in [0.3, 0.4) is 0 Å². The summed E-state index contributed by atoms with van der Waals surface area (Å²) in [5.74, 6) is -0.0137. The summed E-state index contributed by atoms with van der Waals surface area (Å²) in [5, 5.41) is 14.7. The summed E-state index contributed by atoms with van der Waals surface area (Å²) < 4.78 is 96.8. The Morgan fingerprint density at radius 3 is 2.60 bits per heavy atom. The van der Waals surface area contributed by atoms with E-state index in [1.165, 1.54) is 42.7 Å². The van der Waals surface area contributed by atoms with Crippen molar-refractivity contribution in [1.82, 2.24) is 15.5 Å². The number of carbonyl (C=O) groups excluding carboxylic acids is 1. The molecule has 0 aliphatic carbocycles. The Hall–Kier alpha value is -4.94. The number of carbonyl (C=O) groups is 1. The molecule has 2 N–H and O–H groups in total. The summed E-state index contributed by atoms with van der Waals surface area (Å²) in [6.07, 6.45) is -3.01. The quantitative estimate of drug-likeness (QED) is 0.181. The van der Waals surface area contributed by atoms with E-state index in [4.69, 9.17) is 19.4 Å². The van der Waals surface area contributed by atoms with Gasteiger partial charge in [-0.05, 0) is 23.8 Å². The summed E-state index contributed by atoms with van der Waals surface area (Å²) in [6, 6.07) is 7.64. The number of alkyl halides is 6. The van der Waals surface area contributed by atoms with Crippen LogP contribution < -0.4 is 15.4 Å². The van der Waals surface area contributed by atoms with Crippen molar-refractivity contribution in [2.24, 2.45) is 4.99 Å². The Bertz CT molecular complexity index is 1660. The van der Waals surface area contributed by atoms with Crippen molar-refractivity contribution in [3.8, 4) is 12.0 Å². The van der Waals surface area contributed by atoms with Gasteiger partial charge in [0.15, 0.2) is 0 Å². The molecule has 16 heteroatoms. The Kier molecular flexibility index (Phi) is 11.1. The number of ether oxygens (including phenoxy) is 2. The third-order valence-corrected chi connectivity index (χ3v) is 7.01. The number of likely N-dealkylation sites (tertiary alicyclic amines) is 1. The molecule has 2 aromatic rings. The zero-order valence-corrected chi connectivity index (χ0v) is 26.2. The number of aliphatic imine (C=N–C) groups is 1. The van der Waals surface area contributed by atoms with Gasteiger partial charge in [-0.1, -0.05) is 18.2 Å². The van der Waals surface area contributed by atoms with E-state index in [9.17, 15) is 31.1 Å². The van der Waals surface area contributed by atoms with Gasteiger partial charge in [0.1, 0.15) is 0 Å². The van der Waals surface area contributed by atoms with Crippen LogP contribution in [0.5, 0.6) is 5.75 Å². The van der Waals surface area contributed by atoms with Crippen LogP contribution in [0.4, 0.5) is 31.1 Å². The van der Waals surface area contributed by atoms with Gasteiger partial charge in [0.25, 0.3) is 0 Å². The molecule has 2 heterocycles. The van der Waals surface area contributed by atoms with Gasteiger partial charge in [0.2, 0.25) is 0 Å². The number of hydrogen-bond acceptors (Lipinski definition) is 8. The van der Waals surface area contributed by atoms with Crippen LogP contribution in [0, 0.1) is 11.5 Å².